The lowest BCUT2D eigenvalue weighted by Gasteiger charge is -2.24. The van der Waals surface area contributed by atoms with Gasteiger partial charge in [-0.1, -0.05) is 17.7 Å². The highest BCUT2D eigenvalue weighted by molar-refractivity contribution is 7.89. The summed E-state index contributed by atoms with van der Waals surface area (Å²) in [6.45, 7) is 2.11. The first-order valence-corrected chi connectivity index (χ1v) is 10.9. The van der Waals surface area contributed by atoms with Crippen molar-refractivity contribution < 1.29 is 22.7 Å². The highest BCUT2D eigenvalue weighted by atomic mass is 35.5. The Balaban J connectivity index is 1.87. The predicted octanol–water partition coefficient (Wildman–Crippen LogP) is 3.46. The van der Waals surface area contributed by atoms with E-state index in [-0.39, 0.29) is 17.3 Å². The van der Waals surface area contributed by atoms with Crippen LogP contribution in [0.1, 0.15) is 18.4 Å². The number of nitrogens with zero attached hydrogens (tertiary/aromatic N) is 1. The van der Waals surface area contributed by atoms with Crippen molar-refractivity contribution in [3.05, 3.63) is 47.0 Å². The summed E-state index contributed by atoms with van der Waals surface area (Å²) in [6, 6.07) is 8.77. The second kappa shape index (κ2) is 8.61. The quantitative estimate of drug-likeness (QED) is 0.746. The van der Waals surface area contributed by atoms with E-state index in [1.807, 2.05) is 6.92 Å². The monoisotopic (exact) mass is 438 g/mol. The van der Waals surface area contributed by atoms with Gasteiger partial charge < -0.3 is 14.8 Å². The van der Waals surface area contributed by atoms with Gasteiger partial charge in [0.1, 0.15) is 6.04 Å². The van der Waals surface area contributed by atoms with Gasteiger partial charge >= 0.3 is 0 Å². The molecule has 1 unspecified atom stereocenters. The van der Waals surface area contributed by atoms with Crippen molar-refractivity contribution in [2.24, 2.45) is 0 Å². The summed E-state index contributed by atoms with van der Waals surface area (Å²) < 4.78 is 38.1. The Morgan fingerprint density at radius 1 is 1.14 bits per heavy atom. The third kappa shape index (κ3) is 4.34. The van der Waals surface area contributed by atoms with Gasteiger partial charge in [-0.15, -0.1) is 0 Å². The summed E-state index contributed by atoms with van der Waals surface area (Å²) in [4.78, 5) is 12.9. The number of halogens is 1. The van der Waals surface area contributed by atoms with Gasteiger partial charge in [0.05, 0.1) is 19.1 Å². The Morgan fingerprint density at radius 2 is 1.86 bits per heavy atom. The van der Waals surface area contributed by atoms with Crippen LogP contribution in [-0.2, 0) is 14.8 Å². The molecule has 1 aliphatic rings. The number of rotatable bonds is 6. The Kier molecular flexibility index (Phi) is 6.36. The van der Waals surface area contributed by atoms with E-state index in [9.17, 15) is 13.2 Å². The Morgan fingerprint density at radius 3 is 2.55 bits per heavy atom. The van der Waals surface area contributed by atoms with Crippen molar-refractivity contribution >= 4 is 33.2 Å². The van der Waals surface area contributed by atoms with Crippen molar-refractivity contribution in [2.45, 2.75) is 30.7 Å². The summed E-state index contributed by atoms with van der Waals surface area (Å²) in [5.41, 5.74) is 1.41. The number of hydrogen-bond acceptors (Lipinski definition) is 5. The van der Waals surface area contributed by atoms with Crippen LogP contribution in [0.15, 0.2) is 41.3 Å². The minimum absolute atomic E-state index is 0.0498. The standard InChI is InChI=1S/C20H23ClN2O5S/c1-13-6-7-14(21)11-16(13)22-20(24)17-5-4-10-23(17)29(25,26)15-8-9-18(27-2)19(12-15)28-3/h6-9,11-12,17H,4-5,10H2,1-3H3,(H,22,24). The van der Waals surface area contributed by atoms with E-state index >= 15 is 0 Å². The molecule has 1 saturated heterocycles. The lowest BCUT2D eigenvalue weighted by atomic mass is 10.1. The normalized spacial score (nSPS) is 17.2. The average molecular weight is 439 g/mol. The van der Waals surface area contributed by atoms with E-state index in [0.717, 1.165) is 5.56 Å². The van der Waals surface area contributed by atoms with Crippen LogP contribution in [0.4, 0.5) is 5.69 Å². The molecule has 1 aliphatic heterocycles. The second-order valence-electron chi connectivity index (χ2n) is 6.74. The molecule has 9 heteroatoms. The van der Waals surface area contributed by atoms with Crippen LogP contribution in [0.5, 0.6) is 11.5 Å². The molecule has 29 heavy (non-hydrogen) atoms. The van der Waals surface area contributed by atoms with Crippen molar-refractivity contribution in [1.29, 1.82) is 0 Å². The summed E-state index contributed by atoms with van der Waals surface area (Å²) in [7, 11) is -0.975. The largest absolute Gasteiger partial charge is 0.493 e. The third-order valence-corrected chi connectivity index (χ3v) is 7.06. The Bertz CT molecular complexity index is 1030. The average Bonchev–Trinajstić information content (AvgIpc) is 3.21. The van der Waals surface area contributed by atoms with Gasteiger partial charge in [0.25, 0.3) is 0 Å². The minimum Gasteiger partial charge on any atom is -0.493 e. The van der Waals surface area contributed by atoms with Gasteiger partial charge in [-0.05, 0) is 49.6 Å². The third-order valence-electron chi connectivity index (χ3n) is 4.93. The van der Waals surface area contributed by atoms with Gasteiger partial charge in [0.15, 0.2) is 11.5 Å². The minimum atomic E-state index is -3.89. The lowest BCUT2D eigenvalue weighted by Crippen LogP contribution is -2.43. The molecule has 1 atom stereocenters. The van der Waals surface area contributed by atoms with Crippen molar-refractivity contribution in [2.75, 3.05) is 26.1 Å². The molecule has 0 spiro atoms. The number of anilines is 1. The lowest BCUT2D eigenvalue weighted by molar-refractivity contribution is -0.119. The highest BCUT2D eigenvalue weighted by Crippen LogP contribution is 2.33. The molecule has 0 aliphatic carbocycles. The van der Waals surface area contributed by atoms with Crippen LogP contribution in [0.2, 0.25) is 5.02 Å². The van der Waals surface area contributed by atoms with Crippen LogP contribution in [0.3, 0.4) is 0 Å². The van der Waals surface area contributed by atoms with Crippen molar-refractivity contribution in [3.8, 4) is 11.5 Å². The first-order valence-electron chi connectivity index (χ1n) is 9.09. The molecule has 1 N–H and O–H groups in total. The predicted molar refractivity (Wildman–Crippen MR) is 111 cm³/mol. The van der Waals surface area contributed by atoms with Gasteiger partial charge in [-0.2, -0.15) is 4.31 Å². The van der Waals surface area contributed by atoms with E-state index in [2.05, 4.69) is 5.32 Å². The van der Waals surface area contributed by atoms with Crippen LogP contribution in [0.25, 0.3) is 0 Å². The molecule has 3 rings (SSSR count). The zero-order valence-electron chi connectivity index (χ0n) is 16.4. The fourth-order valence-corrected chi connectivity index (χ4v) is 5.19. The molecule has 1 heterocycles. The van der Waals surface area contributed by atoms with E-state index < -0.39 is 16.1 Å². The topological polar surface area (TPSA) is 84.9 Å². The fourth-order valence-electron chi connectivity index (χ4n) is 3.35. The summed E-state index contributed by atoms with van der Waals surface area (Å²) >= 11 is 6.01. The first kappa shape index (κ1) is 21.4. The SMILES string of the molecule is COc1ccc(S(=O)(=O)N2CCCC2C(=O)Nc2cc(Cl)ccc2C)cc1OC. The number of benzene rings is 2. The Labute approximate surface area is 175 Å². The number of sulfonamides is 1. The summed E-state index contributed by atoms with van der Waals surface area (Å²) in [5.74, 6) is 0.360. The molecule has 0 aromatic heterocycles. The number of aryl methyl sites for hydroxylation is 1. The van der Waals surface area contributed by atoms with Crippen LogP contribution in [-0.4, -0.2) is 45.4 Å². The summed E-state index contributed by atoms with van der Waals surface area (Å²) in [6.07, 6.45) is 1.04. The number of amides is 1. The maximum absolute atomic E-state index is 13.2. The molecule has 156 valence electrons. The van der Waals surface area contributed by atoms with E-state index in [1.54, 1.807) is 18.2 Å². The number of ether oxygens (including phenoxy) is 2. The smallest absolute Gasteiger partial charge is 0.243 e. The van der Waals surface area contributed by atoms with Crippen LogP contribution in [0, 0.1) is 6.92 Å². The molecule has 0 radical (unpaired) electrons. The molecular formula is C20H23ClN2O5S. The Hall–Kier alpha value is -2.29. The maximum atomic E-state index is 13.2. The molecule has 1 amide bonds. The molecule has 7 nitrogen and oxygen atoms in total. The van der Waals surface area contributed by atoms with Gasteiger partial charge in [0, 0.05) is 23.3 Å². The van der Waals surface area contributed by atoms with Crippen LogP contribution < -0.4 is 14.8 Å². The van der Waals surface area contributed by atoms with Crippen molar-refractivity contribution in [3.63, 3.8) is 0 Å². The maximum Gasteiger partial charge on any atom is 0.243 e. The highest BCUT2D eigenvalue weighted by Gasteiger charge is 2.39. The number of nitrogens with one attached hydrogen (secondary N) is 1. The number of carbonyl (C=O) groups is 1. The fraction of sp³-hybridized carbons (Fsp3) is 0.350. The molecule has 2 aromatic rings. The number of hydrogen-bond donors (Lipinski definition) is 1. The van der Waals surface area contributed by atoms with E-state index in [4.69, 9.17) is 21.1 Å². The van der Waals surface area contributed by atoms with Gasteiger partial charge in [-0.25, -0.2) is 8.42 Å². The zero-order chi connectivity index (χ0) is 21.2. The number of methoxy groups -OCH3 is 2. The van der Waals surface area contributed by atoms with Gasteiger partial charge in [-0.3, -0.25) is 4.79 Å². The molecule has 2 aromatic carbocycles. The molecule has 1 fully saturated rings. The molecule has 0 saturated carbocycles. The summed E-state index contributed by atoms with van der Waals surface area (Å²) in [5, 5.41) is 3.31. The number of carbonyl (C=O) groups excluding carboxylic acids is 1. The van der Waals surface area contributed by atoms with E-state index in [0.29, 0.717) is 35.1 Å². The first-order chi connectivity index (χ1) is 13.8. The zero-order valence-corrected chi connectivity index (χ0v) is 18.0. The van der Waals surface area contributed by atoms with E-state index in [1.165, 1.54) is 36.7 Å². The second-order valence-corrected chi connectivity index (χ2v) is 9.07. The van der Waals surface area contributed by atoms with Gasteiger partial charge in [0.2, 0.25) is 15.9 Å². The van der Waals surface area contributed by atoms with Crippen molar-refractivity contribution in [1.82, 2.24) is 4.31 Å². The molecule has 0 bridgehead atoms. The molecular weight excluding hydrogens is 416 g/mol. The van der Waals surface area contributed by atoms with Crippen LogP contribution >= 0.6 is 11.6 Å².